The van der Waals surface area contributed by atoms with E-state index in [4.69, 9.17) is 0 Å². The molecule has 5 heteroatoms. The quantitative estimate of drug-likeness (QED) is 0.750. The minimum atomic E-state index is -0.285. The third kappa shape index (κ3) is 3.83. The molecule has 1 saturated heterocycles. The van der Waals surface area contributed by atoms with Gasteiger partial charge in [-0.2, -0.15) is 0 Å². The van der Waals surface area contributed by atoms with Crippen molar-refractivity contribution in [2.45, 2.75) is 58.4 Å². The Balaban J connectivity index is 1.93. The van der Waals surface area contributed by atoms with Crippen LogP contribution in [-0.2, 0) is 9.59 Å². The first-order valence-electron chi connectivity index (χ1n) is 7.96. The summed E-state index contributed by atoms with van der Waals surface area (Å²) in [6.07, 6.45) is 3.71. The fourth-order valence-corrected chi connectivity index (χ4v) is 4.36. The molecule has 120 valence electrons. The highest BCUT2D eigenvalue weighted by atomic mass is 16.3. The minimum Gasteiger partial charge on any atom is -0.394 e. The molecule has 0 aromatic rings. The fraction of sp³-hybridized carbons (Fsp3) is 0.875. The van der Waals surface area contributed by atoms with E-state index in [1.165, 1.54) is 11.3 Å². The van der Waals surface area contributed by atoms with Gasteiger partial charge < -0.3 is 10.4 Å². The predicted molar refractivity (Wildman–Crippen MR) is 80.6 cm³/mol. The van der Waals surface area contributed by atoms with E-state index in [-0.39, 0.29) is 29.4 Å². The third-order valence-corrected chi connectivity index (χ3v) is 4.75. The maximum absolute atomic E-state index is 11.6. The molecular formula is C16H28N2O3. The molecule has 2 rings (SSSR count). The predicted octanol–water partition coefficient (Wildman–Crippen LogP) is 1.30. The Morgan fingerprint density at radius 3 is 2.38 bits per heavy atom. The molecule has 0 aromatic heterocycles. The number of nitrogens with one attached hydrogen (secondary N) is 1. The van der Waals surface area contributed by atoms with Crippen molar-refractivity contribution < 1.29 is 14.7 Å². The summed E-state index contributed by atoms with van der Waals surface area (Å²) >= 11 is 0. The molecular weight excluding hydrogens is 268 g/mol. The molecule has 1 saturated carbocycles. The summed E-state index contributed by atoms with van der Waals surface area (Å²) < 4.78 is 0. The number of aliphatic hydroxyl groups excluding tert-OH is 1. The van der Waals surface area contributed by atoms with Crippen LogP contribution in [0.3, 0.4) is 0 Å². The molecule has 2 atom stereocenters. The van der Waals surface area contributed by atoms with Crippen molar-refractivity contribution in [1.29, 1.82) is 0 Å². The highest BCUT2D eigenvalue weighted by molar-refractivity contribution is 6.01. The Labute approximate surface area is 127 Å². The summed E-state index contributed by atoms with van der Waals surface area (Å²) in [5.41, 5.74) is -0.0837. The Bertz CT molecular complexity index is 406. The van der Waals surface area contributed by atoms with E-state index in [0.717, 1.165) is 12.8 Å². The molecule has 5 nitrogen and oxygen atoms in total. The average Bonchev–Trinajstić information content (AvgIpc) is 2.68. The van der Waals surface area contributed by atoms with Crippen LogP contribution < -0.4 is 5.32 Å². The van der Waals surface area contributed by atoms with E-state index >= 15 is 0 Å². The van der Waals surface area contributed by atoms with Crippen LogP contribution in [0.4, 0.5) is 0 Å². The van der Waals surface area contributed by atoms with E-state index in [0.29, 0.717) is 31.8 Å². The lowest BCUT2D eigenvalue weighted by Gasteiger charge is -2.47. The van der Waals surface area contributed by atoms with Gasteiger partial charge in [-0.25, -0.2) is 0 Å². The highest BCUT2D eigenvalue weighted by Crippen LogP contribution is 2.43. The van der Waals surface area contributed by atoms with Crippen LogP contribution in [0, 0.1) is 11.3 Å². The smallest absolute Gasteiger partial charge is 0.229 e. The number of likely N-dealkylation sites (tertiary alicyclic amines) is 1. The molecule has 0 unspecified atom stereocenters. The maximum atomic E-state index is 11.6. The van der Waals surface area contributed by atoms with Gasteiger partial charge in [0.15, 0.2) is 0 Å². The van der Waals surface area contributed by atoms with Crippen LogP contribution in [0.1, 0.15) is 52.9 Å². The number of hydrogen-bond acceptors (Lipinski definition) is 4. The zero-order chi connectivity index (χ0) is 15.7. The minimum absolute atomic E-state index is 0.0720. The van der Waals surface area contributed by atoms with Crippen LogP contribution in [0.15, 0.2) is 0 Å². The number of nitrogens with zero attached hydrogens (tertiary/aromatic N) is 1. The van der Waals surface area contributed by atoms with Crippen molar-refractivity contribution in [3.8, 4) is 0 Å². The Morgan fingerprint density at radius 2 is 1.86 bits per heavy atom. The summed E-state index contributed by atoms with van der Waals surface area (Å²) in [6, 6.07) is 0. The Kier molecular flexibility index (Phi) is 4.73. The van der Waals surface area contributed by atoms with Crippen molar-refractivity contribution in [1.82, 2.24) is 10.2 Å². The summed E-state index contributed by atoms with van der Waals surface area (Å²) in [5.74, 6) is 0.415. The molecule has 0 bridgehead atoms. The molecule has 2 fully saturated rings. The van der Waals surface area contributed by atoms with Gasteiger partial charge in [0.1, 0.15) is 0 Å². The second kappa shape index (κ2) is 6.05. The first-order chi connectivity index (χ1) is 9.77. The average molecular weight is 296 g/mol. The highest BCUT2D eigenvalue weighted by Gasteiger charge is 2.42. The van der Waals surface area contributed by atoms with E-state index < -0.39 is 0 Å². The summed E-state index contributed by atoms with van der Waals surface area (Å²) in [5, 5.41) is 13.3. The number of carbonyl (C=O) groups is 2. The largest absolute Gasteiger partial charge is 0.394 e. The number of imide groups is 1. The van der Waals surface area contributed by atoms with Gasteiger partial charge >= 0.3 is 0 Å². The normalized spacial score (nSPS) is 32.8. The standard InChI is InChI=1S/C16H28N2O3/c1-12-8-15(2,3)10-16(9-12,11-19)17-6-7-18-13(20)4-5-14(18)21/h12,17,19H,4-11H2,1-3H3/t12-,16-/m1/s1. The lowest BCUT2D eigenvalue weighted by molar-refractivity contribution is -0.138. The van der Waals surface area contributed by atoms with Crippen molar-refractivity contribution in [3.05, 3.63) is 0 Å². The lowest BCUT2D eigenvalue weighted by Crippen LogP contribution is -2.56. The molecule has 1 heterocycles. The number of amides is 2. The maximum Gasteiger partial charge on any atom is 0.229 e. The van der Waals surface area contributed by atoms with Gasteiger partial charge in [0, 0.05) is 31.5 Å². The Morgan fingerprint density at radius 1 is 1.24 bits per heavy atom. The summed E-state index contributed by atoms with van der Waals surface area (Å²) in [4.78, 5) is 24.5. The van der Waals surface area contributed by atoms with E-state index in [9.17, 15) is 14.7 Å². The summed E-state index contributed by atoms with van der Waals surface area (Å²) in [7, 11) is 0. The van der Waals surface area contributed by atoms with Gasteiger partial charge in [0.25, 0.3) is 0 Å². The van der Waals surface area contributed by atoms with Crippen LogP contribution in [0.2, 0.25) is 0 Å². The second-order valence-electron chi connectivity index (χ2n) is 7.66. The zero-order valence-corrected chi connectivity index (χ0v) is 13.4. The van der Waals surface area contributed by atoms with Gasteiger partial charge in [0.2, 0.25) is 11.8 Å². The molecule has 0 aromatic carbocycles. The summed E-state index contributed by atoms with van der Waals surface area (Å²) in [6.45, 7) is 7.77. The molecule has 2 N–H and O–H groups in total. The molecule has 2 amide bonds. The molecule has 1 aliphatic carbocycles. The van der Waals surface area contributed by atoms with Gasteiger partial charge in [-0.3, -0.25) is 14.5 Å². The SMILES string of the molecule is C[C@@H]1CC(C)(C)C[C@](CO)(NCCN2C(=O)CCC2=O)C1. The van der Waals surface area contributed by atoms with Crippen LogP contribution >= 0.6 is 0 Å². The van der Waals surface area contributed by atoms with Crippen LogP contribution in [0.25, 0.3) is 0 Å². The number of hydrogen-bond donors (Lipinski definition) is 2. The monoisotopic (exact) mass is 296 g/mol. The molecule has 1 aliphatic heterocycles. The van der Waals surface area contributed by atoms with Crippen molar-refractivity contribution in [2.75, 3.05) is 19.7 Å². The van der Waals surface area contributed by atoms with E-state index in [2.05, 4.69) is 26.1 Å². The van der Waals surface area contributed by atoms with Crippen LogP contribution in [-0.4, -0.2) is 47.1 Å². The molecule has 0 radical (unpaired) electrons. The van der Waals surface area contributed by atoms with Crippen molar-refractivity contribution in [3.63, 3.8) is 0 Å². The number of rotatable bonds is 5. The van der Waals surface area contributed by atoms with Crippen molar-refractivity contribution in [2.24, 2.45) is 11.3 Å². The Hall–Kier alpha value is -0.940. The van der Waals surface area contributed by atoms with Crippen LogP contribution in [0.5, 0.6) is 0 Å². The molecule has 2 aliphatic rings. The molecule has 21 heavy (non-hydrogen) atoms. The third-order valence-electron chi connectivity index (χ3n) is 4.75. The first kappa shape index (κ1) is 16.4. The number of carbonyl (C=O) groups excluding carboxylic acids is 2. The second-order valence-corrected chi connectivity index (χ2v) is 7.66. The lowest BCUT2D eigenvalue weighted by atomic mass is 9.64. The fourth-order valence-electron chi connectivity index (χ4n) is 4.36. The van der Waals surface area contributed by atoms with Gasteiger partial charge in [-0.05, 0) is 30.6 Å². The van der Waals surface area contributed by atoms with Crippen molar-refractivity contribution >= 4 is 11.8 Å². The topological polar surface area (TPSA) is 69.6 Å². The van der Waals surface area contributed by atoms with Gasteiger partial charge in [-0.15, -0.1) is 0 Å². The molecule has 0 spiro atoms. The van der Waals surface area contributed by atoms with Gasteiger partial charge in [-0.1, -0.05) is 20.8 Å². The van der Waals surface area contributed by atoms with Gasteiger partial charge in [0.05, 0.1) is 6.61 Å². The van der Waals surface area contributed by atoms with E-state index in [1.54, 1.807) is 0 Å². The first-order valence-corrected chi connectivity index (χ1v) is 7.96. The van der Waals surface area contributed by atoms with E-state index in [1.807, 2.05) is 0 Å². The zero-order valence-electron chi connectivity index (χ0n) is 13.4. The number of aliphatic hydroxyl groups is 1.